The lowest BCUT2D eigenvalue weighted by Crippen LogP contribution is -2.25. The smallest absolute Gasteiger partial charge is 0.226 e. The Morgan fingerprint density at radius 1 is 1.12 bits per heavy atom. The van der Waals surface area contributed by atoms with Crippen LogP contribution in [0.25, 0.3) is 11.5 Å². The summed E-state index contributed by atoms with van der Waals surface area (Å²) in [5, 5.41) is 20.5. The van der Waals surface area contributed by atoms with E-state index in [0.717, 1.165) is 29.7 Å². The average Bonchev–Trinajstić information content (AvgIpc) is 3.38. The summed E-state index contributed by atoms with van der Waals surface area (Å²) in [6.45, 7) is 6.54. The van der Waals surface area contributed by atoms with Gasteiger partial charge < -0.3 is 14.8 Å². The number of carbonyl (C=O) groups is 1. The van der Waals surface area contributed by atoms with E-state index in [2.05, 4.69) is 27.5 Å². The molecule has 3 aromatic heterocycles. The van der Waals surface area contributed by atoms with Crippen LogP contribution in [0.1, 0.15) is 54.7 Å². The second kappa shape index (κ2) is 8.77. The Bertz CT molecular complexity index is 1370. The number of aromatic nitrogens is 6. The van der Waals surface area contributed by atoms with Crippen LogP contribution in [0.15, 0.2) is 30.3 Å². The number of ether oxygens (including phenoxy) is 2. The van der Waals surface area contributed by atoms with Crippen molar-refractivity contribution in [1.29, 1.82) is 0 Å². The van der Waals surface area contributed by atoms with E-state index in [1.807, 2.05) is 44.2 Å². The van der Waals surface area contributed by atoms with E-state index in [4.69, 9.17) is 14.6 Å². The number of nitrogens with zero attached hydrogens (tertiary/aromatic N) is 6. The zero-order chi connectivity index (χ0) is 23.8. The van der Waals surface area contributed by atoms with Gasteiger partial charge >= 0.3 is 0 Å². The van der Waals surface area contributed by atoms with Crippen molar-refractivity contribution in [3.8, 4) is 17.3 Å². The molecule has 34 heavy (non-hydrogen) atoms. The van der Waals surface area contributed by atoms with Gasteiger partial charge in [0.1, 0.15) is 5.82 Å². The van der Waals surface area contributed by atoms with Crippen molar-refractivity contribution in [2.24, 2.45) is 0 Å². The fourth-order valence-corrected chi connectivity index (χ4v) is 4.34. The SMILES string of the molecule is CCCCOc1ccc(C2CC(=O)Nc3c2c(C)nn3-c2ccc3nnc(C)n3n2)cc1OC. The highest BCUT2D eigenvalue weighted by Gasteiger charge is 2.33. The maximum atomic E-state index is 12.8. The summed E-state index contributed by atoms with van der Waals surface area (Å²) < 4.78 is 14.8. The molecule has 1 aromatic carbocycles. The Morgan fingerprint density at radius 3 is 2.76 bits per heavy atom. The third-order valence-corrected chi connectivity index (χ3v) is 6.07. The predicted molar refractivity (Wildman–Crippen MR) is 126 cm³/mol. The molecule has 1 aliphatic rings. The molecule has 1 aliphatic heterocycles. The van der Waals surface area contributed by atoms with Crippen LogP contribution >= 0.6 is 0 Å². The lowest BCUT2D eigenvalue weighted by Gasteiger charge is -2.25. The van der Waals surface area contributed by atoms with E-state index in [9.17, 15) is 4.79 Å². The number of methoxy groups -OCH3 is 1. The minimum Gasteiger partial charge on any atom is -0.493 e. The number of unbranched alkanes of at least 4 members (excludes halogenated alkanes) is 1. The van der Waals surface area contributed by atoms with E-state index in [1.165, 1.54) is 0 Å². The minimum atomic E-state index is -0.170. The van der Waals surface area contributed by atoms with Gasteiger partial charge in [0.15, 0.2) is 28.8 Å². The Labute approximate surface area is 196 Å². The lowest BCUT2D eigenvalue weighted by atomic mass is 9.85. The molecular weight excluding hydrogens is 434 g/mol. The normalized spacial score (nSPS) is 15.3. The van der Waals surface area contributed by atoms with Crippen molar-refractivity contribution in [2.75, 3.05) is 19.0 Å². The number of aryl methyl sites for hydroxylation is 2. The first-order valence-electron chi connectivity index (χ1n) is 11.4. The topological polar surface area (TPSA) is 108 Å². The number of carbonyl (C=O) groups excluding carboxylic acids is 1. The summed E-state index contributed by atoms with van der Waals surface area (Å²) in [6, 6.07) is 9.52. The molecule has 10 heteroatoms. The monoisotopic (exact) mass is 461 g/mol. The molecule has 1 amide bonds. The second-order valence-electron chi connectivity index (χ2n) is 8.39. The summed E-state index contributed by atoms with van der Waals surface area (Å²) in [7, 11) is 1.63. The molecule has 0 saturated heterocycles. The Hall–Kier alpha value is -3.95. The number of benzene rings is 1. The van der Waals surface area contributed by atoms with Gasteiger partial charge in [0.2, 0.25) is 5.91 Å². The summed E-state index contributed by atoms with van der Waals surface area (Å²) in [5.74, 6) is 2.97. The van der Waals surface area contributed by atoms with Gasteiger partial charge in [0.25, 0.3) is 0 Å². The van der Waals surface area contributed by atoms with Crippen LogP contribution in [-0.4, -0.2) is 49.2 Å². The van der Waals surface area contributed by atoms with Crippen LogP contribution in [0.3, 0.4) is 0 Å². The highest BCUT2D eigenvalue weighted by molar-refractivity contribution is 5.95. The van der Waals surface area contributed by atoms with Gasteiger partial charge in [0, 0.05) is 17.9 Å². The van der Waals surface area contributed by atoms with Crippen molar-refractivity contribution in [1.82, 2.24) is 29.6 Å². The molecule has 5 rings (SSSR count). The first-order valence-corrected chi connectivity index (χ1v) is 11.4. The van der Waals surface area contributed by atoms with Crippen LogP contribution in [0.5, 0.6) is 11.5 Å². The van der Waals surface area contributed by atoms with Crippen molar-refractivity contribution < 1.29 is 14.3 Å². The summed E-state index contributed by atoms with van der Waals surface area (Å²) in [4.78, 5) is 12.8. The molecule has 4 aromatic rings. The summed E-state index contributed by atoms with van der Waals surface area (Å²) in [6.07, 6.45) is 2.35. The van der Waals surface area contributed by atoms with Gasteiger partial charge in [-0.05, 0) is 50.1 Å². The van der Waals surface area contributed by atoms with Gasteiger partial charge in [-0.2, -0.15) is 14.3 Å². The minimum absolute atomic E-state index is 0.0811. The zero-order valence-corrected chi connectivity index (χ0v) is 19.7. The fraction of sp³-hybridized carbons (Fsp3) is 0.375. The lowest BCUT2D eigenvalue weighted by molar-refractivity contribution is -0.116. The van der Waals surface area contributed by atoms with E-state index < -0.39 is 0 Å². The molecular formula is C24H27N7O3. The van der Waals surface area contributed by atoms with E-state index >= 15 is 0 Å². The molecule has 176 valence electrons. The van der Waals surface area contributed by atoms with Crippen LogP contribution < -0.4 is 14.8 Å². The third-order valence-electron chi connectivity index (χ3n) is 6.07. The molecule has 0 bridgehead atoms. The van der Waals surface area contributed by atoms with Crippen LogP contribution in [0.2, 0.25) is 0 Å². The van der Waals surface area contributed by atoms with Crippen molar-refractivity contribution in [2.45, 2.75) is 46.0 Å². The zero-order valence-electron chi connectivity index (χ0n) is 19.7. The largest absolute Gasteiger partial charge is 0.493 e. The number of fused-ring (bicyclic) bond motifs is 2. The van der Waals surface area contributed by atoms with E-state index in [1.54, 1.807) is 16.3 Å². The van der Waals surface area contributed by atoms with Crippen LogP contribution in [0.4, 0.5) is 5.82 Å². The quantitative estimate of drug-likeness (QED) is 0.419. The van der Waals surface area contributed by atoms with Gasteiger partial charge in [-0.25, -0.2) is 0 Å². The van der Waals surface area contributed by atoms with E-state index in [0.29, 0.717) is 47.6 Å². The second-order valence-corrected chi connectivity index (χ2v) is 8.39. The van der Waals surface area contributed by atoms with Gasteiger partial charge in [-0.15, -0.1) is 15.3 Å². The standard InChI is InChI=1S/C24H27N7O3/c1-5-6-11-34-18-8-7-16(12-19(18)33-4)17-13-22(32)25-24-23(17)14(2)28-31(24)21-10-9-20-27-26-15(3)30(20)29-21/h7-10,12,17H,5-6,11,13H2,1-4H3,(H,25,32). The Balaban J connectivity index is 1.56. The molecule has 1 N–H and O–H groups in total. The number of amides is 1. The summed E-state index contributed by atoms with van der Waals surface area (Å²) >= 11 is 0. The van der Waals surface area contributed by atoms with Gasteiger partial charge in [0.05, 0.1) is 19.4 Å². The highest BCUT2D eigenvalue weighted by Crippen LogP contribution is 2.42. The van der Waals surface area contributed by atoms with Crippen molar-refractivity contribution in [3.63, 3.8) is 0 Å². The Morgan fingerprint density at radius 2 is 1.97 bits per heavy atom. The predicted octanol–water partition coefficient (Wildman–Crippen LogP) is 3.59. The molecule has 1 atom stereocenters. The van der Waals surface area contributed by atoms with Crippen molar-refractivity contribution >= 4 is 17.4 Å². The molecule has 0 fully saturated rings. The molecule has 4 heterocycles. The van der Waals surface area contributed by atoms with Crippen LogP contribution in [-0.2, 0) is 4.79 Å². The number of hydrogen-bond donors (Lipinski definition) is 1. The fourth-order valence-electron chi connectivity index (χ4n) is 4.34. The maximum Gasteiger partial charge on any atom is 0.226 e. The average molecular weight is 462 g/mol. The van der Waals surface area contributed by atoms with Gasteiger partial charge in [-0.3, -0.25) is 4.79 Å². The third kappa shape index (κ3) is 3.74. The number of anilines is 1. The highest BCUT2D eigenvalue weighted by atomic mass is 16.5. The summed E-state index contributed by atoms with van der Waals surface area (Å²) in [5.41, 5.74) is 3.40. The first kappa shape index (κ1) is 21.9. The van der Waals surface area contributed by atoms with E-state index in [-0.39, 0.29) is 11.8 Å². The molecule has 0 aliphatic carbocycles. The first-order chi connectivity index (χ1) is 16.5. The van der Waals surface area contributed by atoms with Crippen molar-refractivity contribution in [3.05, 3.63) is 53.0 Å². The molecule has 0 radical (unpaired) electrons. The Kier molecular flexibility index (Phi) is 5.64. The molecule has 1 unspecified atom stereocenters. The number of hydrogen-bond acceptors (Lipinski definition) is 7. The van der Waals surface area contributed by atoms with Crippen LogP contribution in [0, 0.1) is 13.8 Å². The number of nitrogens with one attached hydrogen (secondary N) is 1. The number of rotatable bonds is 7. The molecule has 0 spiro atoms. The maximum absolute atomic E-state index is 12.8. The molecule has 10 nitrogen and oxygen atoms in total. The van der Waals surface area contributed by atoms with Gasteiger partial charge in [-0.1, -0.05) is 19.4 Å². The molecule has 0 saturated carbocycles.